The van der Waals surface area contributed by atoms with E-state index in [0.717, 1.165) is 38.5 Å². The summed E-state index contributed by atoms with van der Waals surface area (Å²) in [6, 6.07) is 8.12. The van der Waals surface area contributed by atoms with Gasteiger partial charge in [-0.1, -0.05) is 32.9 Å². The SMILES string of the molecule is CC(C)(C)c1ccc(NC(=O)CCN2CCOCC2)cc1. The molecule has 21 heavy (non-hydrogen) atoms. The number of amides is 1. The zero-order valence-electron chi connectivity index (χ0n) is 13.3. The molecule has 0 bridgehead atoms. The zero-order chi connectivity index (χ0) is 15.3. The number of hydrogen-bond acceptors (Lipinski definition) is 3. The summed E-state index contributed by atoms with van der Waals surface area (Å²) in [5.41, 5.74) is 2.28. The van der Waals surface area contributed by atoms with Crippen LogP contribution in [0.15, 0.2) is 24.3 Å². The fraction of sp³-hybridized carbons (Fsp3) is 0.588. The first-order valence-corrected chi connectivity index (χ1v) is 7.66. The number of rotatable bonds is 4. The zero-order valence-corrected chi connectivity index (χ0v) is 13.3. The lowest BCUT2D eigenvalue weighted by Crippen LogP contribution is -2.38. The summed E-state index contributed by atoms with van der Waals surface area (Å²) < 4.78 is 5.30. The largest absolute Gasteiger partial charge is 0.379 e. The van der Waals surface area contributed by atoms with Gasteiger partial charge in [0.1, 0.15) is 0 Å². The standard InChI is InChI=1S/C17H26N2O2/c1-17(2,3)14-4-6-15(7-5-14)18-16(20)8-9-19-10-12-21-13-11-19/h4-7H,8-13H2,1-3H3,(H,18,20). The molecule has 116 valence electrons. The van der Waals surface area contributed by atoms with Gasteiger partial charge < -0.3 is 10.1 Å². The average molecular weight is 290 g/mol. The maximum atomic E-state index is 12.0. The Hall–Kier alpha value is -1.39. The van der Waals surface area contributed by atoms with Crippen LogP contribution in [0.2, 0.25) is 0 Å². The van der Waals surface area contributed by atoms with Crippen molar-refractivity contribution in [2.45, 2.75) is 32.6 Å². The van der Waals surface area contributed by atoms with Crippen LogP contribution < -0.4 is 5.32 Å². The molecule has 1 aromatic carbocycles. The van der Waals surface area contributed by atoms with Crippen molar-refractivity contribution in [2.75, 3.05) is 38.2 Å². The van der Waals surface area contributed by atoms with Crippen molar-refractivity contribution in [3.8, 4) is 0 Å². The molecule has 1 aromatic rings. The van der Waals surface area contributed by atoms with Crippen LogP contribution in [0.5, 0.6) is 0 Å². The maximum Gasteiger partial charge on any atom is 0.225 e. The van der Waals surface area contributed by atoms with Crippen LogP contribution in [0.3, 0.4) is 0 Å². The summed E-state index contributed by atoms with van der Waals surface area (Å²) in [5, 5.41) is 2.96. The van der Waals surface area contributed by atoms with Gasteiger partial charge in [-0.15, -0.1) is 0 Å². The van der Waals surface area contributed by atoms with Crippen LogP contribution in [0.4, 0.5) is 5.69 Å². The molecule has 0 aliphatic carbocycles. The highest BCUT2D eigenvalue weighted by molar-refractivity contribution is 5.90. The van der Waals surface area contributed by atoms with Crippen LogP contribution in [0, 0.1) is 0 Å². The van der Waals surface area contributed by atoms with Crippen LogP contribution in [-0.4, -0.2) is 43.7 Å². The second kappa shape index (κ2) is 7.05. The third-order valence-electron chi connectivity index (χ3n) is 3.79. The summed E-state index contributed by atoms with van der Waals surface area (Å²) in [7, 11) is 0. The van der Waals surface area contributed by atoms with Gasteiger partial charge >= 0.3 is 0 Å². The van der Waals surface area contributed by atoms with Crippen molar-refractivity contribution in [2.24, 2.45) is 0 Å². The Labute approximate surface area is 127 Å². The molecule has 0 atom stereocenters. The van der Waals surface area contributed by atoms with Gasteiger partial charge in [-0.05, 0) is 23.1 Å². The molecule has 0 aromatic heterocycles. The lowest BCUT2D eigenvalue weighted by Gasteiger charge is -2.26. The molecule has 1 aliphatic heterocycles. The highest BCUT2D eigenvalue weighted by Crippen LogP contribution is 2.23. The summed E-state index contributed by atoms with van der Waals surface area (Å²) in [6.07, 6.45) is 0.529. The number of nitrogens with one attached hydrogen (secondary N) is 1. The molecular formula is C17H26N2O2. The van der Waals surface area contributed by atoms with Crippen molar-refractivity contribution >= 4 is 11.6 Å². The Kier molecular flexibility index (Phi) is 5.37. The second-order valence-corrected chi connectivity index (χ2v) is 6.58. The second-order valence-electron chi connectivity index (χ2n) is 6.58. The average Bonchev–Trinajstić information content (AvgIpc) is 2.46. The number of nitrogens with zero attached hydrogens (tertiary/aromatic N) is 1. The first kappa shape index (κ1) is 16.0. The van der Waals surface area contributed by atoms with Gasteiger partial charge in [0.15, 0.2) is 0 Å². The van der Waals surface area contributed by atoms with E-state index in [1.54, 1.807) is 0 Å². The van der Waals surface area contributed by atoms with Gasteiger partial charge in [-0.2, -0.15) is 0 Å². The summed E-state index contributed by atoms with van der Waals surface area (Å²) in [5.74, 6) is 0.0741. The molecule has 1 amide bonds. The Morgan fingerprint density at radius 3 is 2.38 bits per heavy atom. The van der Waals surface area contributed by atoms with Gasteiger partial charge in [0.2, 0.25) is 5.91 Å². The van der Waals surface area contributed by atoms with Crippen LogP contribution in [0.25, 0.3) is 0 Å². The highest BCUT2D eigenvalue weighted by Gasteiger charge is 2.14. The molecule has 4 nitrogen and oxygen atoms in total. The van der Waals surface area contributed by atoms with Crippen molar-refractivity contribution in [1.82, 2.24) is 4.90 Å². The van der Waals surface area contributed by atoms with E-state index in [2.05, 4.69) is 43.1 Å². The normalized spacial score (nSPS) is 16.7. The number of carbonyl (C=O) groups is 1. The number of ether oxygens (including phenoxy) is 1. The van der Waals surface area contributed by atoms with Crippen LogP contribution in [-0.2, 0) is 14.9 Å². The number of hydrogen-bond donors (Lipinski definition) is 1. The van der Waals surface area contributed by atoms with E-state index in [0.29, 0.717) is 6.42 Å². The number of anilines is 1. The first-order chi connectivity index (χ1) is 9.95. The van der Waals surface area contributed by atoms with Crippen molar-refractivity contribution < 1.29 is 9.53 Å². The predicted molar refractivity (Wildman–Crippen MR) is 85.6 cm³/mol. The highest BCUT2D eigenvalue weighted by atomic mass is 16.5. The monoisotopic (exact) mass is 290 g/mol. The van der Waals surface area contributed by atoms with Crippen molar-refractivity contribution in [1.29, 1.82) is 0 Å². The minimum atomic E-state index is 0.0741. The Balaban J connectivity index is 1.79. The third kappa shape index (κ3) is 5.14. The lowest BCUT2D eigenvalue weighted by molar-refractivity contribution is -0.116. The molecule has 1 aliphatic rings. The molecule has 0 unspecified atom stereocenters. The molecule has 0 saturated carbocycles. The predicted octanol–water partition coefficient (Wildman–Crippen LogP) is 2.64. The molecule has 2 rings (SSSR count). The van der Waals surface area contributed by atoms with Gasteiger partial charge in [-0.3, -0.25) is 9.69 Å². The summed E-state index contributed by atoms with van der Waals surface area (Å²) in [4.78, 5) is 14.2. The van der Waals surface area contributed by atoms with Gasteiger partial charge in [-0.25, -0.2) is 0 Å². The molecule has 1 fully saturated rings. The molecule has 1 heterocycles. The molecule has 4 heteroatoms. The Morgan fingerprint density at radius 2 is 1.81 bits per heavy atom. The van der Waals surface area contributed by atoms with E-state index in [4.69, 9.17) is 4.74 Å². The first-order valence-electron chi connectivity index (χ1n) is 7.66. The lowest BCUT2D eigenvalue weighted by atomic mass is 9.87. The molecule has 0 spiro atoms. The van der Waals surface area contributed by atoms with Crippen molar-refractivity contribution in [3.05, 3.63) is 29.8 Å². The fourth-order valence-electron chi connectivity index (χ4n) is 2.36. The van der Waals surface area contributed by atoms with E-state index < -0.39 is 0 Å². The van der Waals surface area contributed by atoms with Crippen LogP contribution in [0.1, 0.15) is 32.8 Å². The minimum Gasteiger partial charge on any atom is -0.379 e. The summed E-state index contributed by atoms with van der Waals surface area (Å²) in [6.45, 7) is 10.7. The summed E-state index contributed by atoms with van der Waals surface area (Å²) >= 11 is 0. The van der Waals surface area contributed by atoms with Gasteiger partial charge in [0, 0.05) is 31.7 Å². The minimum absolute atomic E-state index is 0.0741. The van der Waals surface area contributed by atoms with E-state index in [1.807, 2.05) is 12.1 Å². The van der Waals surface area contributed by atoms with Gasteiger partial charge in [0.05, 0.1) is 13.2 Å². The molecular weight excluding hydrogens is 264 g/mol. The fourth-order valence-corrected chi connectivity index (χ4v) is 2.36. The Bertz CT molecular complexity index is 457. The van der Waals surface area contributed by atoms with Gasteiger partial charge in [0.25, 0.3) is 0 Å². The Morgan fingerprint density at radius 1 is 1.19 bits per heavy atom. The molecule has 0 radical (unpaired) electrons. The van der Waals surface area contributed by atoms with Crippen LogP contribution >= 0.6 is 0 Å². The number of carbonyl (C=O) groups excluding carboxylic acids is 1. The number of benzene rings is 1. The van der Waals surface area contributed by atoms with E-state index in [-0.39, 0.29) is 11.3 Å². The third-order valence-corrected chi connectivity index (χ3v) is 3.79. The van der Waals surface area contributed by atoms with E-state index in [1.165, 1.54) is 5.56 Å². The van der Waals surface area contributed by atoms with E-state index >= 15 is 0 Å². The quantitative estimate of drug-likeness (QED) is 0.927. The topological polar surface area (TPSA) is 41.6 Å². The van der Waals surface area contributed by atoms with Crippen molar-refractivity contribution in [3.63, 3.8) is 0 Å². The maximum absolute atomic E-state index is 12.0. The molecule has 1 N–H and O–H groups in total. The molecule has 1 saturated heterocycles. The van der Waals surface area contributed by atoms with E-state index in [9.17, 15) is 4.79 Å². The smallest absolute Gasteiger partial charge is 0.225 e. The number of morpholine rings is 1.